The third-order valence-electron chi connectivity index (χ3n) is 2.70. The maximum atomic E-state index is 3.51. The summed E-state index contributed by atoms with van der Waals surface area (Å²) in [6.45, 7) is 8.63. The largest absolute Gasteiger partial charge is 0.384 e. The van der Waals surface area contributed by atoms with Gasteiger partial charge in [0.05, 0.1) is 0 Å². The Morgan fingerprint density at radius 2 is 2.13 bits per heavy atom. The van der Waals surface area contributed by atoms with E-state index in [0.717, 1.165) is 13.1 Å². The number of nitrogens with one attached hydrogen (secondary N) is 2. The van der Waals surface area contributed by atoms with Crippen LogP contribution in [0.4, 0.5) is 5.69 Å². The van der Waals surface area contributed by atoms with Gasteiger partial charge in [0.1, 0.15) is 0 Å². The van der Waals surface area contributed by atoms with E-state index in [0.29, 0.717) is 0 Å². The van der Waals surface area contributed by atoms with Gasteiger partial charge in [0.25, 0.3) is 0 Å². The molecule has 0 saturated carbocycles. The lowest BCUT2D eigenvalue weighted by Gasteiger charge is -2.20. The van der Waals surface area contributed by atoms with Crippen LogP contribution in [0, 0.1) is 0 Å². The van der Waals surface area contributed by atoms with Crippen molar-refractivity contribution < 1.29 is 0 Å². The van der Waals surface area contributed by atoms with Gasteiger partial charge in [-0.05, 0) is 44.4 Å². The van der Waals surface area contributed by atoms with E-state index < -0.39 is 0 Å². The van der Waals surface area contributed by atoms with Crippen molar-refractivity contribution in [1.29, 1.82) is 0 Å². The van der Waals surface area contributed by atoms with Gasteiger partial charge in [-0.2, -0.15) is 0 Å². The lowest BCUT2D eigenvalue weighted by atomic mass is 10.1. The van der Waals surface area contributed by atoms with Gasteiger partial charge in [-0.1, -0.05) is 12.1 Å². The van der Waals surface area contributed by atoms with E-state index in [-0.39, 0.29) is 5.54 Å². The molecule has 1 aromatic carbocycles. The van der Waals surface area contributed by atoms with Crippen LogP contribution in [0.25, 0.3) is 0 Å². The molecule has 0 aliphatic carbocycles. The number of hydrogen-bond acceptors (Lipinski definition) is 2. The molecule has 2 heteroatoms. The Morgan fingerprint density at radius 1 is 1.33 bits per heavy atom. The molecule has 2 N–H and O–H groups in total. The Morgan fingerprint density at radius 3 is 2.87 bits per heavy atom. The molecule has 0 radical (unpaired) electrons. The van der Waals surface area contributed by atoms with E-state index in [1.54, 1.807) is 0 Å². The Hall–Kier alpha value is -1.02. The summed E-state index contributed by atoms with van der Waals surface area (Å²) >= 11 is 0. The van der Waals surface area contributed by atoms with Crippen LogP contribution in [0.3, 0.4) is 0 Å². The highest BCUT2D eigenvalue weighted by molar-refractivity contribution is 5.56. The molecule has 0 atom stereocenters. The fourth-order valence-corrected chi connectivity index (χ4v) is 1.84. The standard InChI is InChI=1S/C13H20N2/c1-13(2,3)15-9-10-4-5-12-11(8-10)6-7-14-12/h4-5,8,14-15H,6-7,9H2,1-3H3. The van der Waals surface area contributed by atoms with Gasteiger partial charge in [-0.15, -0.1) is 0 Å². The average molecular weight is 204 g/mol. The molecule has 1 aliphatic heterocycles. The molecule has 0 amide bonds. The topological polar surface area (TPSA) is 24.1 Å². The summed E-state index contributed by atoms with van der Waals surface area (Å²) in [4.78, 5) is 0. The molecule has 0 fully saturated rings. The lowest BCUT2D eigenvalue weighted by Crippen LogP contribution is -2.35. The summed E-state index contributed by atoms with van der Waals surface area (Å²) in [6, 6.07) is 6.71. The highest BCUT2D eigenvalue weighted by Gasteiger charge is 2.12. The highest BCUT2D eigenvalue weighted by atomic mass is 14.9. The maximum absolute atomic E-state index is 3.51. The first-order valence-electron chi connectivity index (χ1n) is 5.65. The van der Waals surface area contributed by atoms with Crippen LogP contribution < -0.4 is 10.6 Å². The molecule has 0 unspecified atom stereocenters. The quantitative estimate of drug-likeness (QED) is 0.773. The third kappa shape index (κ3) is 2.72. The van der Waals surface area contributed by atoms with Crippen molar-refractivity contribution in [2.45, 2.75) is 39.3 Å². The molecule has 2 nitrogen and oxygen atoms in total. The van der Waals surface area contributed by atoms with Gasteiger partial charge < -0.3 is 10.6 Å². The summed E-state index contributed by atoms with van der Waals surface area (Å²) in [5, 5.41) is 6.89. The predicted molar refractivity (Wildman–Crippen MR) is 65.2 cm³/mol. The average Bonchev–Trinajstić information content (AvgIpc) is 2.60. The van der Waals surface area contributed by atoms with Crippen LogP contribution in [0.15, 0.2) is 18.2 Å². The Bertz CT molecular complexity index is 350. The van der Waals surface area contributed by atoms with Crippen molar-refractivity contribution >= 4 is 5.69 Å². The van der Waals surface area contributed by atoms with Crippen LogP contribution >= 0.6 is 0 Å². The Balaban J connectivity index is 2.04. The lowest BCUT2D eigenvalue weighted by molar-refractivity contribution is 0.424. The molecule has 0 saturated heterocycles. The first-order valence-corrected chi connectivity index (χ1v) is 5.65. The first-order chi connectivity index (χ1) is 7.04. The minimum Gasteiger partial charge on any atom is -0.384 e. The van der Waals surface area contributed by atoms with Crippen molar-refractivity contribution in [3.63, 3.8) is 0 Å². The predicted octanol–water partition coefficient (Wildman–Crippen LogP) is 2.54. The van der Waals surface area contributed by atoms with Crippen molar-refractivity contribution in [2.75, 3.05) is 11.9 Å². The number of anilines is 1. The number of fused-ring (bicyclic) bond motifs is 1. The maximum Gasteiger partial charge on any atom is 0.0373 e. The summed E-state index contributed by atoms with van der Waals surface area (Å²) in [5.41, 5.74) is 4.35. The van der Waals surface area contributed by atoms with Gasteiger partial charge in [0.2, 0.25) is 0 Å². The van der Waals surface area contributed by atoms with Gasteiger partial charge in [0, 0.05) is 24.3 Å². The van der Waals surface area contributed by atoms with Crippen molar-refractivity contribution in [1.82, 2.24) is 5.32 Å². The zero-order valence-electron chi connectivity index (χ0n) is 9.85. The van der Waals surface area contributed by atoms with Crippen LogP contribution in [0.1, 0.15) is 31.9 Å². The molecule has 0 bridgehead atoms. The minimum atomic E-state index is 0.192. The molecule has 1 heterocycles. The van der Waals surface area contributed by atoms with E-state index in [9.17, 15) is 0 Å². The summed E-state index contributed by atoms with van der Waals surface area (Å²) in [7, 11) is 0. The van der Waals surface area contributed by atoms with Crippen LogP contribution in [-0.4, -0.2) is 12.1 Å². The molecule has 0 spiro atoms. The van der Waals surface area contributed by atoms with E-state index in [4.69, 9.17) is 0 Å². The molecular weight excluding hydrogens is 184 g/mol. The first kappa shape index (κ1) is 10.5. The fourth-order valence-electron chi connectivity index (χ4n) is 1.84. The summed E-state index contributed by atoms with van der Waals surface area (Å²) in [5.74, 6) is 0. The monoisotopic (exact) mass is 204 g/mol. The SMILES string of the molecule is CC(C)(C)NCc1ccc2c(c1)CCN2. The fraction of sp³-hybridized carbons (Fsp3) is 0.538. The van der Waals surface area contributed by atoms with Crippen LogP contribution in [0.5, 0.6) is 0 Å². The van der Waals surface area contributed by atoms with E-state index >= 15 is 0 Å². The van der Waals surface area contributed by atoms with Crippen molar-refractivity contribution in [3.8, 4) is 0 Å². The van der Waals surface area contributed by atoms with Gasteiger partial charge in [-0.3, -0.25) is 0 Å². The second-order valence-electron chi connectivity index (χ2n) is 5.27. The molecule has 1 aromatic rings. The van der Waals surface area contributed by atoms with E-state index in [1.165, 1.54) is 23.2 Å². The van der Waals surface area contributed by atoms with Crippen molar-refractivity contribution in [2.24, 2.45) is 0 Å². The van der Waals surface area contributed by atoms with E-state index in [2.05, 4.69) is 49.6 Å². The number of hydrogen-bond donors (Lipinski definition) is 2. The van der Waals surface area contributed by atoms with E-state index in [1.807, 2.05) is 0 Å². The smallest absolute Gasteiger partial charge is 0.0373 e. The molecule has 2 rings (SSSR count). The highest BCUT2D eigenvalue weighted by Crippen LogP contribution is 2.23. The second kappa shape index (κ2) is 3.86. The Kier molecular flexibility index (Phi) is 2.70. The van der Waals surface area contributed by atoms with Crippen LogP contribution in [-0.2, 0) is 13.0 Å². The number of rotatable bonds is 2. The zero-order valence-corrected chi connectivity index (χ0v) is 9.85. The summed E-state index contributed by atoms with van der Waals surface area (Å²) in [6.07, 6.45) is 1.17. The third-order valence-corrected chi connectivity index (χ3v) is 2.70. The molecule has 1 aliphatic rings. The normalized spacial score (nSPS) is 14.9. The molecular formula is C13H20N2. The summed E-state index contributed by atoms with van der Waals surface area (Å²) < 4.78 is 0. The van der Waals surface area contributed by atoms with Crippen molar-refractivity contribution in [3.05, 3.63) is 29.3 Å². The second-order valence-corrected chi connectivity index (χ2v) is 5.27. The molecule has 15 heavy (non-hydrogen) atoms. The van der Waals surface area contributed by atoms with Crippen LogP contribution in [0.2, 0.25) is 0 Å². The molecule has 82 valence electrons. The minimum absolute atomic E-state index is 0.192. The zero-order chi connectivity index (χ0) is 10.9. The van der Waals surface area contributed by atoms with Gasteiger partial charge in [0.15, 0.2) is 0 Å². The van der Waals surface area contributed by atoms with Gasteiger partial charge >= 0.3 is 0 Å². The number of benzene rings is 1. The molecule has 0 aromatic heterocycles. The Labute approximate surface area is 92.1 Å². The van der Waals surface area contributed by atoms with Gasteiger partial charge in [-0.25, -0.2) is 0 Å².